The molecule has 0 aromatic heterocycles. The van der Waals surface area contributed by atoms with E-state index in [9.17, 15) is 19.2 Å². The number of nitrogens with one attached hydrogen (secondary N) is 3. The fraction of sp³-hybridized carbons (Fsp3) is 0.290. The molecule has 3 N–H and O–H groups in total. The van der Waals surface area contributed by atoms with Gasteiger partial charge in [0, 0.05) is 6.42 Å². The Morgan fingerprint density at radius 3 is 1.91 bits per heavy atom. The van der Waals surface area contributed by atoms with Gasteiger partial charge in [0.1, 0.15) is 40.6 Å². The summed E-state index contributed by atoms with van der Waals surface area (Å²) < 4.78 is 16.2. The van der Waals surface area contributed by atoms with E-state index in [-0.39, 0.29) is 37.3 Å². The van der Waals surface area contributed by atoms with Gasteiger partial charge in [0.2, 0.25) is 11.8 Å². The molecule has 15 heteroatoms. The van der Waals surface area contributed by atoms with Gasteiger partial charge in [0.25, 0.3) is 0 Å². The number of rotatable bonds is 12. The standard InChI is InChI=1S/C31H30Cl5N3O7/c1-31(2,3)46-30(43)39-20(13-17-9-11-19(12-10-17)44-16-18-7-5-4-6-8-18)29(42)38-14-21(40)37-15-22(41)45-28-26(35)24(33)23(32)25(34)27(28)36/h4-12,20H,13-16H2,1-3H3,(H,37,40)(H,38,42)(H,39,43)/t20-/m0/s1. The molecule has 3 rings (SSSR count). The molecule has 0 aliphatic carbocycles. The van der Waals surface area contributed by atoms with E-state index in [0.717, 1.165) is 5.56 Å². The SMILES string of the molecule is CC(C)(C)OC(=O)N[C@@H](Cc1ccc(OCc2ccccc2)cc1)C(=O)NCC(=O)NCC(=O)Oc1c(Cl)c(Cl)c(Cl)c(Cl)c1Cl. The second-order valence-corrected chi connectivity index (χ2v) is 12.6. The van der Waals surface area contributed by atoms with E-state index in [1.54, 1.807) is 45.0 Å². The van der Waals surface area contributed by atoms with Crippen LogP contribution in [0.25, 0.3) is 0 Å². The van der Waals surface area contributed by atoms with Crippen LogP contribution in [-0.4, -0.2) is 48.6 Å². The minimum absolute atomic E-state index is 0.0751. The van der Waals surface area contributed by atoms with Crippen LogP contribution in [0.4, 0.5) is 4.79 Å². The molecule has 3 aromatic rings. The number of carbonyl (C=O) groups is 4. The minimum atomic E-state index is -1.10. The number of benzene rings is 3. The van der Waals surface area contributed by atoms with Gasteiger partial charge < -0.3 is 30.2 Å². The van der Waals surface area contributed by atoms with Crippen LogP contribution < -0.4 is 25.4 Å². The van der Waals surface area contributed by atoms with Crippen LogP contribution >= 0.6 is 58.0 Å². The van der Waals surface area contributed by atoms with Gasteiger partial charge in [-0.1, -0.05) is 100 Å². The molecule has 1 atom stereocenters. The molecule has 0 heterocycles. The molecule has 0 spiro atoms. The summed E-state index contributed by atoms with van der Waals surface area (Å²) >= 11 is 30.0. The second-order valence-electron chi connectivity index (χ2n) is 10.7. The van der Waals surface area contributed by atoms with Gasteiger partial charge in [0.05, 0.1) is 21.6 Å². The highest BCUT2D eigenvalue weighted by atomic mass is 35.5. The highest BCUT2D eigenvalue weighted by Gasteiger charge is 2.26. The van der Waals surface area contributed by atoms with Crippen LogP contribution in [0.3, 0.4) is 0 Å². The van der Waals surface area contributed by atoms with Crippen molar-refractivity contribution in [1.82, 2.24) is 16.0 Å². The predicted octanol–water partition coefficient (Wildman–Crippen LogP) is 6.81. The minimum Gasteiger partial charge on any atom is -0.489 e. The first-order valence-electron chi connectivity index (χ1n) is 13.7. The molecule has 0 saturated heterocycles. The zero-order valence-electron chi connectivity index (χ0n) is 24.8. The first kappa shape index (κ1) is 37.1. The van der Waals surface area contributed by atoms with Gasteiger partial charge in [0.15, 0.2) is 5.75 Å². The quantitative estimate of drug-likeness (QED) is 0.0807. The lowest BCUT2D eigenvalue weighted by atomic mass is 10.1. The van der Waals surface area contributed by atoms with E-state index in [1.165, 1.54) is 0 Å². The van der Waals surface area contributed by atoms with Crippen LogP contribution in [0, 0.1) is 0 Å². The van der Waals surface area contributed by atoms with Gasteiger partial charge >= 0.3 is 12.1 Å². The molecule has 0 radical (unpaired) electrons. The zero-order valence-corrected chi connectivity index (χ0v) is 28.6. The molecule has 0 fully saturated rings. The average Bonchev–Trinajstić information content (AvgIpc) is 3.01. The van der Waals surface area contributed by atoms with Crippen LogP contribution in [-0.2, 0) is 32.1 Å². The van der Waals surface area contributed by atoms with Crippen molar-refractivity contribution in [2.24, 2.45) is 0 Å². The average molecular weight is 734 g/mol. The smallest absolute Gasteiger partial charge is 0.408 e. The number of esters is 1. The third-order valence-corrected chi connectivity index (χ3v) is 8.10. The Labute approximate surface area is 290 Å². The topological polar surface area (TPSA) is 132 Å². The van der Waals surface area contributed by atoms with Crippen molar-refractivity contribution in [2.75, 3.05) is 13.1 Å². The summed E-state index contributed by atoms with van der Waals surface area (Å²) in [5, 5.41) is 6.33. The molecule has 246 valence electrons. The predicted molar refractivity (Wildman–Crippen MR) is 177 cm³/mol. The summed E-state index contributed by atoms with van der Waals surface area (Å²) in [6.45, 7) is 4.30. The van der Waals surface area contributed by atoms with Crippen LogP contribution in [0.2, 0.25) is 25.1 Å². The van der Waals surface area contributed by atoms with Crippen LogP contribution in [0.1, 0.15) is 31.9 Å². The van der Waals surface area contributed by atoms with Crippen molar-refractivity contribution in [1.29, 1.82) is 0 Å². The molecule has 0 aliphatic rings. The van der Waals surface area contributed by atoms with Crippen molar-refractivity contribution in [3.05, 3.63) is 90.8 Å². The van der Waals surface area contributed by atoms with E-state index in [1.807, 2.05) is 30.3 Å². The van der Waals surface area contributed by atoms with Crippen molar-refractivity contribution >= 4 is 81.9 Å². The molecule has 10 nitrogen and oxygen atoms in total. The van der Waals surface area contributed by atoms with Gasteiger partial charge in [-0.2, -0.15) is 0 Å². The van der Waals surface area contributed by atoms with Gasteiger partial charge in [-0.3, -0.25) is 9.59 Å². The van der Waals surface area contributed by atoms with Gasteiger partial charge in [-0.05, 0) is 44.0 Å². The highest BCUT2D eigenvalue weighted by Crippen LogP contribution is 2.48. The number of amides is 3. The van der Waals surface area contributed by atoms with E-state index >= 15 is 0 Å². The fourth-order valence-electron chi connectivity index (χ4n) is 3.71. The Hall–Kier alpha value is -3.41. The lowest BCUT2D eigenvalue weighted by molar-refractivity contribution is -0.135. The highest BCUT2D eigenvalue weighted by molar-refractivity contribution is 6.55. The Morgan fingerprint density at radius 2 is 1.33 bits per heavy atom. The van der Waals surface area contributed by atoms with Crippen LogP contribution in [0.15, 0.2) is 54.6 Å². The largest absolute Gasteiger partial charge is 0.489 e. The normalized spacial score (nSPS) is 11.7. The molecule has 0 saturated carbocycles. The first-order valence-corrected chi connectivity index (χ1v) is 15.5. The van der Waals surface area contributed by atoms with Crippen molar-refractivity contribution in [2.45, 2.75) is 45.4 Å². The summed E-state index contributed by atoms with van der Waals surface area (Å²) in [5.41, 5.74) is 0.903. The van der Waals surface area contributed by atoms with Gasteiger partial charge in [-0.25, -0.2) is 9.59 Å². The molecule has 3 amide bonds. The summed E-state index contributed by atoms with van der Waals surface area (Å²) in [7, 11) is 0. The first-order chi connectivity index (χ1) is 21.6. The van der Waals surface area contributed by atoms with E-state index in [2.05, 4.69) is 16.0 Å². The molecular formula is C31H30Cl5N3O7. The molecule has 3 aromatic carbocycles. The van der Waals surface area contributed by atoms with Crippen molar-refractivity contribution in [3.63, 3.8) is 0 Å². The fourth-order valence-corrected chi connectivity index (χ4v) is 4.90. The number of hydrogen-bond donors (Lipinski definition) is 3. The zero-order chi connectivity index (χ0) is 34.0. The number of ether oxygens (including phenoxy) is 3. The molecule has 0 unspecified atom stereocenters. The van der Waals surface area contributed by atoms with E-state index < -0.39 is 48.6 Å². The Balaban J connectivity index is 1.57. The molecule has 0 aliphatic heterocycles. The Morgan fingerprint density at radius 1 is 0.739 bits per heavy atom. The Bertz CT molecular complexity index is 1540. The number of carbonyl (C=O) groups excluding carboxylic acids is 4. The monoisotopic (exact) mass is 731 g/mol. The second kappa shape index (κ2) is 16.9. The third-order valence-electron chi connectivity index (χ3n) is 5.86. The maximum absolute atomic E-state index is 13.1. The van der Waals surface area contributed by atoms with Gasteiger partial charge in [-0.15, -0.1) is 0 Å². The summed E-state index contributed by atoms with van der Waals surface area (Å²) in [6, 6.07) is 15.6. The number of halogens is 5. The maximum atomic E-state index is 13.1. The summed E-state index contributed by atoms with van der Waals surface area (Å²) in [4.78, 5) is 50.3. The van der Waals surface area contributed by atoms with Crippen LogP contribution in [0.5, 0.6) is 11.5 Å². The number of hydrogen-bond acceptors (Lipinski definition) is 7. The molecule has 46 heavy (non-hydrogen) atoms. The van der Waals surface area contributed by atoms with E-state index in [4.69, 9.17) is 72.2 Å². The lowest BCUT2D eigenvalue weighted by Crippen LogP contribution is -2.51. The van der Waals surface area contributed by atoms with E-state index in [0.29, 0.717) is 17.9 Å². The van der Waals surface area contributed by atoms with Crippen molar-refractivity contribution < 1.29 is 33.4 Å². The molecular weight excluding hydrogens is 704 g/mol. The summed E-state index contributed by atoms with van der Waals surface area (Å²) in [5.74, 6) is -2.07. The third kappa shape index (κ3) is 11.4. The number of alkyl carbamates (subject to hydrolysis) is 1. The Kier molecular flexibility index (Phi) is 13.6. The molecule has 0 bridgehead atoms. The lowest BCUT2D eigenvalue weighted by Gasteiger charge is -2.23. The van der Waals surface area contributed by atoms with Crippen molar-refractivity contribution in [3.8, 4) is 11.5 Å². The maximum Gasteiger partial charge on any atom is 0.408 e. The summed E-state index contributed by atoms with van der Waals surface area (Å²) in [6.07, 6.45) is -0.742.